The van der Waals surface area contributed by atoms with Crippen molar-refractivity contribution in [3.63, 3.8) is 0 Å². The Morgan fingerprint density at radius 1 is 1.19 bits per heavy atom. The number of carbonyl (C=O) groups is 2. The Labute approximate surface area is 155 Å². The molecule has 0 radical (unpaired) electrons. The van der Waals surface area contributed by atoms with Crippen LogP contribution in [-0.2, 0) is 9.59 Å². The average Bonchev–Trinajstić information content (AvgIpc) is 3.17. The van der Waals surface area contributed by atoms with Gasteiger partial charge in [0.1, 0.15) is 17.9 Å². The summed E-state index contributed by atoms with van der Waals surface area (Å²) in [7, 11) is 0. The van der Waals surface area contributed by atoms with Gasteiger partial charge in [0, 0.05) is 25.7 Å². The van der Waals surface area contributed by atoms with E-state index in [0.717, 1.165) is 12.8 Å². The van der Waals surface area contributed by atoms with E-state index in [4.69, 9.17) is 11.3 Å². The molecule has 9 heteroatoms. The second-order valence-corrected chi connectivity index (χ2v) is 7.61. The van der Waals surface area contributed by atoms with E-state index in [0.29, 0.717) is 25.7 Å². The molecule has 0 fully saturated rings. The molecule has 148 valence electrons. The Morgan fingerprint density at radius 2 is 1.77 bits per heavy atom. The molecule has 1 aliphatic rings. The van der Waals surface area contributed by atoms with Gasteiger partial charge in [0.25, 0.3) is 0 Å². The van der Waals surface area contributed by atoms with Crippen molar-refractivity contribution in [1.29, 1.82) is 5.41 Å². The average molecular weight is 367 g/mol. The van der Waals surface area contributed by atoms with Gasteiger partial charge in [-0.25, -0.2) is 11.4 Å². The number of ketones is 2. The van der Waals surface area contributed by atoms with Crippen molar-refractivity contribution in [3.8, 4) is 0 Å². The molecular weight excluding hydrogens is 334 g/mol. The summed E-state index contributed by atoms with van der Waals surface area (Å²) >= 11 is 0. The number of hydrazine groups is 3. The smallest absolute Gasteiger partial charge is 0.133 e. The quantitative estimate of drug-likeness (QED) is 0.168. The lowest BCUT2D eigenvalue weighted by atomic mass is 9.90. The minimum absolute atomic E-state index is 0.0632. The molecule has 1 unspecified atom stereocenters. The molecule has 0 aromatic heterocycles. The lowest BCUT2D eigenvalue weighted by Crippen LogP contribution is -2.51. The first kappa shape index (κ1) is 22.0. The van der Waals surface area contributed by atoms with Crippen molar-refractivity contribution in [2.75, 3.05) is 0 Å². The Hall–Kier alpha value is -2.00. The predicted molar refractivity (Wildman–Crippen MR) is 102 cm³/mol. The molecule has 1 heterocycles. The highest BCUT2D eigenvalue weighted by Gasteiger charge is 2.28. The van der Waals surface area contributed by atoms with Crippen molar-refractivity contribution < 1.29 is 9.59 Å². The fraction of sp³-hybridized carbons (Fsp3) is 0.765. The summed E-state index contributed by atoms with van der Waals surface area (Å²) < 4.78 is 0. The summed E-state index contributed by atoms with van der Waals surface area (Å²) in [5, 5.41) is 14.3. The lowest BCUT2D eigenvalue weighted by molar-refractivity contribution is -0.124. The molecule has 1 atom stereocenters. The topological polar surface area (TPSA) is 127 Å². The van der Waals surface area contributed by atoms with Crippen LogP contribution in [-0.4, -0.2) is 45.3 Å². The fourth-order valence-electron chi connectivity index (χ4n) is 2.65. The van der Waals surface area contributed by atoms with Gasteiger partial charge < -0.3 is 0 Å². The number of hydrogen-bond donors (Lipinski definition) is 4. The molecule has 5 N–H and O–H groups in total. The molecule has 0 aromatic rings. The number of nitrogens with zero attached hydrogens (tertiary/aromatic N) is 3. The Morgan fingerprint density at radius 3 is 2.23 bits per heavy atom. The molecule has 0 bridgehead atoms. The van der Waals surface area contributed by atoms with Crippen LogP contribution >= 0.6 is 0 Å². The second-order valence-electron chi connectivity index (χ2n) is 7.61. The zero-order valence-electron chi connectivity index (χ0n) is 16.3. The van der Waals surface area contributed by atoms with Crippen molar-refractivity contribution in [2.45, 2.75) is 83.7 Å². The monoisotopic (exact) mass is 367 g/mol. The van der Waals surface area contributed by atoms with E-state index in [-0.39, 0.29) is 29.9 Å². The first-order valence-corrected chi connectivity index (χ1v) is 9.06. The standard InChI is InChI=1S/C17H33N7O2/c1-5-17(4,23(19)12-18)11-9-15(26)7-6-14(25)8-10-16(2,3)24-13-20-21-22-24/h12-13,18,21-22H,5-11,19H2,1-4H3. The third-order valence-corrected chi connectivity index (χ3v) is 5.23. The van der Waals surface area contributed by atoms with Gasteiger partial charge in [0.05, 0.1) is 17.4 Å². The van der Waals surface area contributed by atoms with Crippen molar-refractivity contribution >= 4 is 24.2 Å². The SMILES string of the molecule is CCC(C)(CCC(=O)CCC(=O)CCC(C)(C)N1C=NNN1)N(N)C=N. The highest BCUT2D eigenvalue weighted by molar-refractivity contribution is 5.86. The minimum Gasteiger partial charge on any atom is -0.300 e. The van der Waals surface area contributed by atoms with E-state index >= 15 is 0 Å². The number of rotatable bonds is 13. The van der Waals surface area contributed by atoms with Crippen LogP contribution < -0.4 is 16.9 Å². The fourth-order valence-corrected chi connectivity index (χ4v) is 2.65. The molecule has 9 nitrogen and oxygen atoms in total. The number of hydrazone groups is 1. The zero-order chi connectivity index (χ0) is 19.8. The summed E-state index contributed by atoms with van der Waals surface area (Å²) in [5.74, 6) is 5.96. The van der Waals surface area contributed by atoms with E-state index in [9.17, 15) is 9.59 Å². The van der Waals surface area contributed by atoms with Gasteiger partial charge in [0.2, 0.25) is 0 Å². The summed E-state index contributed by atoms with van der Waals surface area (Å²) in [6.07, 6.45) is 6.02. The largest absolute Gasteiger partial charge is 0.300 e. The van der Waals surface area contributed by atoms with Gasteiger partial charge in [-0.3, -0.25) is 25.0 Å². The maximum Gasteiger partial charge on any atom is 0.133 e. The van der Waals surface area contributed by atoms with E-state index in [1.54, 1.807) is 6.34 Å². The Balaban J connectivity index is 2.32. The molecule has 1 aliphatic heterocycles. The molecule has 0 spiro atoms. The van der Waals surface area contributed by atoms with Crippen LogP contribution in [0.3, 0.4) is 0 Å². The molecule has 0 saturated heterocycles. The molecule has 0 aromatic carbocycles. The third-order valence-electron chi connectivity index (χ3n) is 5.23. The molecule has 0 saturated carbocycles. The van der Waals surface area contributed by atoms with Gasteiger partial charge in [-0.2, -0.15) is 5.10 Å². The van der Waals surface area contributed by atoms with Crippen LogP contribution in [0.4, 0.5) is 0 Å². The zero-order valence-corrected chi connectivity index (χ0v) is 16.3. The van der Waals surface area contributed by atoms with Crippen molar-refractivity contribution in [2.24, 2.45) is 10.9 Å². The molecule has 1 rings (SSSR count). The summed E-state index contributed by atoms with van der Waals surface area (Å²) in [5.41, 5.74) is 4.86. The summed E-state index contributed by atoms with van der Waals surface area (Å²) in [4.78, 5) is 24.2. The van der Waals surface area contributed by atoms with E-state index < -0.39 is 5.54 Å². The number of carbonyl (C=O) groups excluding carboxylic acids is 2. The van der Waals surface area contributed by atoms with Gasteiger partial charge in [-0.1, -0.05) is 6.92 Å². The maximum absolute atomic E-state index is 12.1. The summed E-state index contributed by atoms with van der Waals surface area (Å²) in [6.45, 7) is 7.95. The predicted octanol–water partition coefficient (Wildman–Crippen LogP) is 1.46. The maximum atomic E-state index is 12.1. The van der Waals surface area contributed by atoms with Gasteiger partial charge >= 0.3 is 0 Å². The van der Waals surface area contributed by atoms with Gasteiger partial charge in [-0.15, -0.1) is 5.53 Å². The third kappa shape index (κ3) is 6.38. The van der Waals surface area contributed by atoms with Crippen LogP contribution in [0.15, 0.2) is 5.10 Å². The Bertz CT molecular complexity index is 535. The van der Waals surface area contributed by atoms with Gasteiger partial charge in [0.15, 0.2) is 0 Å². The van der Waals surface area contributed by atoms with E-state index in [2.05, 4.69) is 16.2 Å². The van der Waals surface area contributed by atoms with Crippen molar-refractivity contribution in [1.82, 2.24) is 21.1 Å². The van der Waals surface area contributed by atoms with Crippen LogP contribution in [0.5, 0.6) is 0 Å². The number of Topliss-reactive ketones (excluding diaryl/α,β-unsaturated/α-hetero) is 2. The highest BCUT2D eigenvalue weighted by atomic mass is 16.1. The number of nitrogens with one attached hydrogen (secondary N) is 3. The Kier molecular flexibility index (Phi) is 8.16. The number of nitrogens with two attached hydrogens (primary N) is 1. The van der Waals surface area contributed by atoms with Crippen LogP contribution in [0.2, 0.25) is 0 Å². The highest BCUT2D eigenvalue weighted by Crippen LogP contribution is 2.23. The lowest BCUT2D eigenvalue weighted by Gasteiger charge is -2.35. The van der Waals surface area contributed by atoms with Crippen LogP contribution in [0.1, 0.15) is 72.6 Å². The summed E-state index contributed by atoms with van der Waals surface area (Å²) in [6, 6.07) is 0. The van der Waals surface area contributed by atoms with E-state index in [1.165, 1.54) is 5.01 Å². The van der Waals surface area contributed by atoms with Crippen LogP contribution in [0, 0.1) is 5.41 Å². The second kappa shape index (κ2) is 9.63. The first-order chi connectivity index (χ1) is 12.1. The molecule has 0 amide bonds. The minimum atomic E-state index is -0.413. The number of hydrogen-bond acceptors (Lipinski definition) is 8. The van der Waals surface area contributed by atoms with E-state index in [1.807, 2.05) is 32.7 Å². The molecule has 26 heavy (non-hydrogen) atoms. The van der Waals surface area contributed by atoms with Crippen LogP contribution in [0.25, 0.3) is 0 Å². The first-order valence-electron chi connectivity index (χ1n) is 9.06. The van der Waals surface area contributed by atoms with Crippen molar-refractivity contribution in [3.05, 3.63) is 0 Å². The molecular formula is C17H33N7O2. The van der Waals surface area contributed by atoms with Gasteiger partial charge in [-0.05, 0) is 40.0 Å². The molecule has 0 aliphatic carbocycles. The normalized spacial score (nSPS) is 16.1.